The number of hydrogen-bond donors (Lipinski definition) is 2. The third-order valence-electron chi connectivity index (χ3n) is 4.08. The van der Waals surface area contributed by atoms with Gasteiger partial charge in [-0.2, -0.15) is 11.8 Å². The molecule has 1 amide bonds. The Kier molecular flexibility index (Phi) is 9.17. The molecular formula is C19H24FNO4S2. The second kappa shape index (κ2) is 11.4. The third kappa shape index (κ3) is 7.94. The van der Waals surface area contributed by atoms with Gasteiger partial charge in [-0.25, -0.2) is 4.39 Å². The van der Waals surface area contributed by atoms with Crippen molar-refractivity contribution in [1.29, 1.82) is 0 Å². The second-order valence-electron chi connectivity index (χ2n) is 6.23. The highest BCUT2D eigenvalue weighted by Gasteiger charge is 2.29. The van der Waals surface area contributed by atoms with E-state index in [2.05, 4.69) is 0 Å². The van der Waals surface area contributed by atoms with E-state index in [1.807, 2.05) is 6.08 Å². The number of amides is 1. The number of carbonyl (C=O) groups excluding carboxylic acids is 1. The number of aliphatic hydroxyl groups is 1. The molecule has 1 aromatic carbocycles. The molecule has 0 radical (unpaired) electrons. The van der Waals surface area contributed by atoms with Crippen molar-refractivity contribution in [3.8, 4) is 0 Å². The van der Waals surface area contributed by atoms with Crippen LogP contribution in [0.2, 0.25) is 0 Å². The van der Waals surface area contributed by atoms with Crippen molar-refractivity contribution in [3.05, 3.63) is 47.8 Å². The Hall–Kier alpha value is -1.51. The Morgan fingerprint density at radius 2 is 2.11 bits per heavy atom. The van der Waals surface area contributed by atoms with Crippen LogP contribution in [0.4, 0.5) is 9.18 Å². The zero-order valence-corrected chi connectivity index (χ0v) is 16.6. The molecule has 0 aliphatic carbocycles. The van der Waals surface area contributed by atoms with E-state index in [0.29, 0.717) is 25.1 Å². The smallest absolute Gasteiger partial charge is 0.303 e. The maximum atomic E-state index is 12.9. The van der Waals surface area contributed by atoms with Crippen molar-refractivity contribution >= 4 is 34.7 Å². The van der Waals surface area contributed by atoms with Gasteiger partial charge in [-0.3, -0.25) is 9.59 Å². The minimum atomic E-state index is -0.786. The van der Waals surface area contributed by atoms with Gasteiger partial charge in [0.1, 0.15) is 5.82 Å². The van der Waals surface area contributed by atoms with Crippen LogP contribution in [-0.2, 0) is 11.2 Å². The number of thioether (sulfide) groups is 2. The van der Waals surface area contributed by atoms with Gasteiger partial charge in [0.25, 0.3) is 5.24 Å². The molecule has 0 saturated carbocycles. The highest BCUT2D eigenvalue weighted by atomic mass is 32.2. The normalized spacial score (nSPS) is 18.4. The van der Waals surface area contributed by atoms with E-state index in [-0.39, 0.29) is 23.5 Å². The first kappa shape index (κ1) is 21.8. The minimum absolute atomic E-state index is 0.0313. The summed E-state index contributed by atoms with van der Waals surface area (Å²) < 4.78 is 12.9. The van der Waals surface area contributed by atoms with Gasteiger partial charge in [-0.15, -0.1) is 0 Å². The zero-order valence-electron chi connectivity index (χ0n) is 14.9. The summed E-state index contributed by atoms with van der Waals surface area (Å²) >= 11 is 2.91. The highest BCUT2D eigenvalue weighted by Crippen LogP contribution is 2.25. The van der Waals surface area contributed by atoms with Crippen LogP contribution >= 0.6 is 23.5 Å². The molecule has 1 aliphatic rings. The number of benzene rings is 1. The van der Waals surface area contributed by atoms with E-state index < -0.39 is 12.1 Å². The van der Waals surface area contributed by atoms with Gasteiger partial charge in [-0.1, -0.05) is 36.0 Å². The molecule has 0 unspecified atom stereocenters. The van der Waals surface area contributed by atoms with Crippen molar-refractivity contribution in [2.75, 3.05) is 23.8 Å². The highest BCUT2D eigenvalue weighted by molar-refractivity contribution is 8.13. The average molecular weight is 414 g/mol. The standard InChI is InChI=1S/C19H24FNO4S2/c20-15-5-3-14(4-6-15)12-17(22)8-7-16-13-27-19(25)21(16)9-11-26-10-1-2-18(23)24/h3-8,16-17,22H,1-2,9-13H2,(H,23,24)/t16-,17+/m0/s1. The number of hydrogen-bond acceptors (Lipinski definition) is 5. The number of nitrogens with zero attached hydrogens (tertiary/aromatic N) is 1. The fourth-order valence-electron chi connectivity index (χ4n) is 2.66. The summed E-state index contributed by atoms with van der Waals surface area (Å²) in [6, 6.07) is 5.98. The number of aliphatic carboxylic acids is 1. The average Bonchev–Trinajstić information content (AvgIpc) is 2.98. The Bertz CT molecular complexity index is 654. The van der Waals surface area contributed by atoms with Crippen LogP contribution in [-0.4, -0.2) is 62.3 Å². The Balaban J connectivity index is 1.76. The van der Waals surface area contributed by atoms with Crippen molar-refractivity contribution in [1.82, 2.24) is 4.90 Å². The summed E-state index contributed by atoms with van der Waals surface area (Å²) in [5.74, 6) is 1.09. The second-order valence-corrected chi connectivity index (χ2v) is 8.43. The largest absolute Gasteiger partial charge is 0.481 e. The summed E-state index contributed by atoms with van der Waals surface area (Å²) in [6.07, 6.45) is 4.05. The maximum Gasteiger partial charge on any atom is 0.303 e. The molecule has 1 aromatic rings. The van der Waals surface area contributed by atoms with E-state index in [4.69, 9.17) is 5.11 Å². The molecule has 2 atom stereocenters. The van der Waals surface area contributed by atoms with Crippen molar-refractivity contribution in [3.63, 3.8) is 0 Å². The summed E-state index contributed by atoms with van der Waals surface area (Å²) in [4.78, 5) is 24.3. The SMILES string of the molecule is O=C(O)CCCSCCN1C(=O)SC[C@@H]1C=C[C@@H](O)Cc1ccc(F)cc1. The number of carboxylic acid groups (broad SMARTS) is 1. The van der Waals surface area contributed by atoms with Crippen LogP contribution in [0, 0.1) is 5.82 Å². The summed E-state index contributed by atoms with van der Waals surface area (Å²) in [5, 5.41) is 18.8. The summed E-state index contributed by atoms with van der Waals surface area (Å²) in [6.45, 7) is 0.604. The first-order valence-electron chi connectivity index (χ1n) is 8.79. The number of halogens is 1. The molecule has 148 valence electrons. The number of carboxylic acids is 1. The van der Waals surface area contributed by atoms with E-state index in [1.165, 1.54) is 23.9 Å². The number of carbonyl (C=O) groups is 2. The van der Waals surface area contributed by atoms with Crippen molar-refractivity contribution < 1.29 is 24.2 Å². The summed E-state index contributed by atoms with van der Waals surface area (Å²) in [5.41, 5.74) is 0.847. The molecule has 0 bridgehead atoms. The van der Waals surface area contributed by atoms with Crippen LogP contribution < -0.4 is 0 Å². The van der Waals surface area contributed by atoms with Crippen molar-refractivity contribution in [2.45, 2.75) is 31.4 Å². The lowest BCUT2D eigenvalue weighted by molar-refractivity contribution is -0.137. The lowest BCUT2D eigenvalue weighted by Gasteiger charge is -2.21. The predicted molar refractivity (Wildman–Crippen MR) is 108 cm³/mol. The Labute approximate surface area is 167 Å². The molecule has 0 aromatic heterocycles. The van der Waals surface area contributed by atoms with Gasteiger partial charge in [0.15, 0.2) is 0 Å². The minimum Gasteiger partial charge on any atom is -0.481 e. The van der Waals surface area contributed by atoms with E-state index in [0.717, 1.165) is 17.1 Å². The van der Waals surface area contributed by atoms with Gasteiger partial charge >= 0.3 is 5.97 Å². The molecule has 1 aliphatic heterocycles. The van der Waals surface area contributed by atoms with Gasteiger partial charge in [0.2, 0.25) is 0 Å². The van der Waals surface area contributed by atoms with Gasteiger partial charge in [0.05, 0.1) is 12.1 Å². The monoisotopic (exact) mass is 413 g/mol. The molecular weight excluding hydrogens is 389 g/mol. The number of rotatable bonds is 11. The van der Waals surface area contributed by atoms with Gasteiger partial charge < -0.3 is 15.1 Å². The molecule has 8 heteroatoms. The summed E-state index contributed by atoms with van der Waals surface area (Å²) in [7, 11) is 0. The lowest BCUT2D eigenvalue weighted by atomic mass is 10.1. The van der Waals surface area contributed by atoms with Crippen molar-refractivity contribution in [2.24, 2.45) is 0 Å². The van der Waals surface area contributed by atoms with Crippen LogP contribution in [0.5, 0.6) is 0 Å². The molecule has 0 spiro atoms. The first-order chi connectivity index (χ1) is 13.0. The zero-order chi connectivity index (χ0) is 19.6. The first-order valence-corrected chi connectivity index (χ1v) is 10.9. The molecule has 1 fully saturated rings. The van der Waals surface area contributed by atoms with E-state index in [9.17, 15) is 19.1 Å². The molecule has 5 nitrogen and oxygen atoms in total. The molecule has 2 N–H and O–H groups in total. The van der Waals surface area contributed by atoms with Gasteiger partial charge in [-0.05, 0) is 29.9 Å². The predicted octanol–water partition coefficient (Wildman–Crippen LogP) is 3.42. The van der Waals surface area contributed by atoms with Crippen LogP contribution in [0.3, 0.4) is 0 Å². The molecule has 2 rings (SSSR count). The number of aliphatic hydroxyl groups excluding tert-OH is 1. The Morgan fingerprint density at radius 1 is 1.37 bits per heavy atom. The lowest BCUT2D eigenvalue weighted by Crippen LogP contribution is -2.34. The Morgan fingerprint density at radius 3 is 2.81 bits per heavy atom. The third-order valence-corrected chi connectivity index (χ3v) is 6.12. The van der Waals surface area contributed by atoms with Crippen LogP contribution in [0.1, 0.15) is 18.4 Å². The molecule has 1 heterocycles. The fourth-order valence-corrected chi connectivity index (χ4v) is 4.53. The van der Waals surface area contributed by atoms with Gasteiger partial charge in [0, 0.05) is 30.9 Å². The maximum absolute atomic E-state index is 12.9. The molecule has 1 saturated heterocycles. The van der Waals surface area contributed by atoms with Crippen LogP contribution in [0.15, 0.2) is 36.4 Å². The fraction of sp³-hybridized carbons (Fsp3) is 0.474. The quantitative estimate of drug-likeness (QED) is 0.428. The van der Waals surface area contributed by atoms with E-state index in [1.54, 1.807) is 34.9 Å². The topological polar surface area (TPSA) is 77.8 Å². The van der Waals surface area contributed by atoms with E-state index >= 15 is 0 Å². The van der Waals surface area contributed by atoms with Crippen LogP contribution in [0.25, 0.3) is 0 Å². The molecule has 27 heavy (non-hydrogen) atoms.